The average Bonchev–Trinajstić information content (AvgIpc) is 2.68. The molecule has 0 aromatic heterocycles. The van der Waals surface area contributed by atoms with Gasteiger partial charge in [0.05, 0.1) is 5.56 Å². The fraction of sp³-hybridized carbons (Fsp3) is 0.200. The van der Waals surface area contributed by atoms with Crippen molar-refractivity contribution >= 4 is 63.3 Å². The molecule has 0 aliphatic carbocycles. The van der Waals surface area contributed by atoms with E-state index in [1.165, 1.54) is 0 Å². The predicted molar refractivity (Wildman–Crippen MR) is 124 cm³/mol. The lowest BCUT2D eigenvalue weighted by Gasteiger charge is -2.12. The highest BCUT2D eigenvalue weighted by Gasteiger charge is 2.12. The highest BCUT2D eigenvalue weighted by atomic mass is 127. The maximum absolute atomic E-state index is 12.2. The van der Waals surface area contributed by atoms with Crippen molar-refractivity contribution in [3.63, 3.8) is 0 Å². The molecule has 0 unspecified atom stereocenters. The minimum Gasteiger partial charge on any atom is -0.326 e. The molecule has 0 aliphatic heterocycles. The fourth-order valence-electron chi connectivity index (χ4n) is 2.35. The van der Waals surface area contributed by atoms with Gasteiger partial charge in [0.25, 0.3) is 5.91 Å². The average molecular weight is 524 g/mol. The van der Waals surface area contributed by atoms with Crippen LogP contribution in [-0.4, -0.2) is 22.8 Å². The number of hydrogen-bond donors (Lipinski definition) is 4. The van der Waals surface area contributed by atoms with Crippen molar-refractivity contribution in [2.45, 2.75) is 26.7 Å². The first-order valence-corrected chi connectivity index (χ1v) is 10.3. The fourth-order valence-corrected chi connectivity index (χ4v) is 3.12. The molecule has 4 N–H and O–H groups in total. The van der Waals surface area contributed by atoms with E-state index in [4.69, 9.17) is 12.2 Å². The molecule has 29 heavy (non-hydrogen) atoms. The molecule has 2 rings (SSSR count). The third-order valence-electron chi connectivity index (χ3n) is 3.91. The molecule has 0 heterocycles. The second-order valence-corrected chi connectivity index (χ2v) is 7.87. The lowest BCUT2D eigenvalue weighted by atomic mass is 10.1. The minimum atomic E-state index is -0.424. The highest BCUT2D eigenvalue weighted by Crippen LogP contribution is 2.16. The Morgan fingerprint density at radius 1 is 0.966 bits per heavy atom. The molecular weight excluding hydrogens is 503 g/mol. The Kier molecular flexibility index (Phi) is 8.52. The van der Waals surface area contributed by atoms with Gasteiger partial charge in [-0.1, -0.05) is 24.3 Å². The van der Waals surface area contributed by atoms with Crippen LogP contribution in [0.15, 0.2) is 42.5 Å². The van der Waals surface area contributed by atoms with Gasteiger partial charge >= 0.3 is 0 Å². The third kappa shape index (κ3) is 7.42. The van der Waals surface area contributed by atoms with Crippen molar-refractivity contribution in [2.24, 2.45) is 0 Å². The minimum absolute atomic E-state index is 0.0161. The summed E-state index contributed by atoms with van der Waals surface area (Å²) >= 11 is 7.05. The Morgan fingerprint density at radius 2 is 1.66 bits per heavy atom. The van der Waals surface area contributed by atoms with E-state index in [9.17, 15) is 14.4 Å². The SMILES string of the molecule is Cc1ccc(C)c(NC(=O)CCC(=O)NNC(=S)NC(=O)c2ccccc2I)c1. The first-order valence-electron chi connectivity index (χ1n) is 8.78. The summed E-state index contributed by atoms with van der Waals surface area (Å²) in [6.45, 7) is 3.84. The number of carbonyl (C=O) groups is 3. The van der Waals surface area contributed by atoms with Crippen LogP contribution in [0.5, 0.6) is 0 Å². The maximum atomic E-state index is 12.2. The van der Waals surface area contributed by atoms with Crippen molar-refractivity contribution in [2.75, 3.05) is 5.32 Å². The Labute approximate surface area is 188 Å². The molecule has 0 atom stereocenters. The van der Waals surface area contributed by atoms with E-state index in [0.717, 1.165) is 20.4 Å². The summed E-state index contributed by atoms with van der Waals surface area (Å²) < 4.78 is 0.782. The van der Waals surface area contributed by atoms with Crippen molar-refractivity contribution in [1.29, 1.82) is 0 Å². The number of carbonyl (C=O) groups excluding carboxylic acids is 3. The molecule has 0 fully saturated rings. The number of anilines is 1. The van der Waals surface area contributed by atoms with Crippen LogP contribution in [0.2, 0.25) is 0 Å². The van der Waals surface area contributed by atoms with E-state index in [0.29, 0.717) is 5.56 Å². The highest BCUT2D eigenvalue weighted by molar-refractivity contribution is 14.1. The molecule has 152 valence electrons. The second kappa shape index (κ2) is 10.9. The zero-order chi connectivity index (χ0) is 21.4. The first-order chi connectivity index (χ1) is 13.8. The molecule has 2 aromatic carbocycles. The van der Waals surface area contributed by atoms with Gasteiger partial charge in [-0.2, -0.15) is 0 Å². The number of amides is 3. The predicted octanol–water partition coefficient (Wildman–Crippen LogP) is 2.96. The summed E-state index contributed by atoms with van der Waals surface area (Å²) in [6.07, 6.45) is -0.0148. The van der Waals surface area contributed by atoms with E-state index >= 15 is 0 Å². The van der Waals surface area contributed by atoms with E-state index < -0.39 is 5.91 Å². The van der Waals surface area contributed by atoms with Crippen molar-refractivity contribution in [1.82, 2.24) is 16.2 Å². The van der Waals surface area contributed by atoms with E-state index in [2.05, 4.69) is 44.1 Å². The number of aryl methyl sites for hydroxylation is 2. The zero-order valence-electron chi connectivity index (χ0n) is 16.0. The summed E-state index contributed by atoms with van der Waals surface area (Å²) in [6, 6.07) is 12.8. The second-order valence-electron chi connectivity index (χ2n) is 6.30. The van der Waals surface area contributed by atoms with Gasteiger partial charge in [0.1, 0.15) is 0 Å². The third-order valence-corrected chi connectivity index (χ3v) is 5.05. The first kappa shape index (κ1) is 22.8. The Morgan fingerprint density at radius 3 is 2.38 bits per heavy atom. The monoisotopic (exact) mass is 524 g/mol. The molecule has 3 amide bonds. The topological polar surface area (TPSA) is 99.3 Å². The van der Waals surface area contributed by atoms with Gasteiger partial charge in [0.15, 0.2) is 5.11 Å². The van der Waals surface area contributed by atoms with Crippen LogP contribution in [0.3, 0.4) is 0 Å². The van der Waals surface area contributed by atoms with Crippen LogP contribution in [0.1, 0.15) is 34.3 Å². The van der Waals surface area contributed by atoms with Crippen LogP contribution >= 0.6 is 34.8 Å². The molecule has 0 saturated carbocycles. The van der Waals surface area contributed by atoms with Crippen LogP contribution in [-0.2, 0) is 9.59 Å². The Hall–Kier alpha value is -2.53. The van der Waals surface area contributed by atoms with Crippen LogP contribution in [0.4, 0.5) is 5.69 Å². The molecule has 9 heteroatoms. The Balaban J connectivity index is 1.73. The number of halogens is 1. The van der Waals surface area contributed by atoms with Crippen LogP contribution in [0, 0.1) is 17.4 Å². The molecule has 7 nitrogen and oxygen atoms in total. The summed E-state index contributed by atoms with van der Waals surface area (Å²) in [5.74, 6) is -1.06. The largest absolute Gasteiger partial charge is 0.326 e. The quantitative estimate of drug-likeness (QED) is 0.274. The number of benzene rings is 2. The number of rotatable bonds is 5. The van der Waals surface area contributed by atoms with Gasteiger partial charge in [-0.25, -0.2) is 0 Å². The summed E-state index contributed by atoms with van der Waals surface area (Å²) in [5.41, 5.74) is 8.02. The molecule has 0 radical (unpaired) electrons. The Bertz CT molecular complexity index is 949. The standard InChI is InChI=1S/C20H21IN4O3S/c1-12-7-8-13(2)16(11-12)22-17(26)9-10-18(27)24-25-20(29)23-19(28)14-5-3-4-6-15(14)21/h3-8,11H,9-10H2,1-2H3,(H,22,26)(H,24,27)(H2,23,25,28,29). The van der Waals surface area contributed by atoms with Crippen LogP contribution < -0.4 is 21.5 Å². The molecule has 0 bridgehead atoms. The van der Waals surface area contributed by atoms with Gasteiger partial charge in [-0.3, -0.25) is 30.6 Å². The lowest BCUT2D eigenvalue weighted by molar-refractivity contribution is -0.124. The summed E-state index contributed by atoms with van der Waals surface area (Å²) in [4.78, 5) is 36.1. The van der Waals surface area contributed by atoms with E-state index in [1.54, 1.807) is 18.2 Å². The lowest BCUT2D eigenvalue weighted by Crippen LogP contribution is -2.48. The number of thiocarbonyl (C=S) groups is 1. The number of hydrogen-bond acceptors (Lipinski definition) is 4. The van der Waals surface area contributed by atoms with Gasteiger partial charge < -0.3 is 5.32 Å². The van der Waals surface area contributed by atoms with Crippen molar-refractivity contribution in [3.8, 4) is 0 Å². The molecule has 0 saturated heterocycles. The van der Waals surface area contributed by atoms with Gasteiger partial charge in [-0.15, -0.1) is 0 Å². The maximum Gasteiger partial charge on any atom is 0.258 e. The van der Waals surface area contributed by atoms with Gasteiger partial charge in [0.2, 0.25) is 11.8 Å². The van der Waals surface area contributed by atoms with E-state index in [1.807, 2.05) is 38.1 Å². The van der Waals surface area contributed by atoms with Gasteiger partial charge in [0, 0.05) is 22.1 Å². The normalized spacial score (nSPS) is 10.0. The molecular formula is C20H21IN4O3S. The zero-order valence-corrected chi connectivity index (χ0v) is 18.9. The number of nitrogens with one attached hydrogen (secondary N) is 4. The molecule has 2 aromatic rings. The molecule has 0 spiro atoms. The summed E-state index contributed by atoms with van der Waals surface area (Å²) in [5, 5.41) is 5.24. The van der Waals surface area contributed by atoms with E-state index in [-0.39, 0.29) is 29.8 Å². The summed E-state index contributed by atoms with van der Waals surface area (Å²) in [7, 11) is 0. The smallest absolute Gasteiger partial charge is 0.258 e. The van der Waals surface area contributed by atoms with Crippen LogP contribution in [0.25, 0.3) is 0 Å². The van der Waals surface area contributed by atoms with Crippen molar-refractivity contribution < 1.29 is 14.4 Å². The van der Waals surface area contributed by atoms with Crippen molar-refractivity contribution in [3.05, 3.63) is 62.7 Å². The number of hydrazine groups is 1. The van der Waals surface area contributed by atoms with Gasteiger partial charge in [-0.05, 0) is 78.0 Å². The molecule has 0 aliphatic rings.